The van der Waals surface area contributed by atoms with Crippen LogP contribution in [0.2, 0.25) is 0 Å². The van der Waals surface area contributed by atoms with Crippen LogP contribution in [-0.2, 0) is 6.42 Å². The highest BCUT2D eigenvalue weighted by atomic mass is 16.6. The van der Waals surface area contributed by atoms with E-state index in [1.54, 1.807) is 12.1 Å². The molecule has 0 radical (unpaired) electrons. The van der Waals surface area contributed by atoms with E-state index in [0.29, 0.717) is 0 Å². The van der Waals surface area contributed by atoms with Crippen LogP contribution < -0.4 is 5.32 Å². The molecule has 2 aromatic rings. The lowest BCUT2D eigenvalue weighted by Crippen LogP contribution is -2.30. The topological polar surface area (TPSA) is 55.2 Å². The third-order valence-corrected chi connectivity index (χ3v) is 3.55. The summed E-state index contributed by atoms with van der Waals surface area (Å²) in [6.45, 7) is 0.929. The summed E-state index contributed by atoms with van der Waals surface area (Å²) in [7, 11) is 0. The zero-order valence-corrected chi connectivity index (χ0v) is 10.4. The van der Waals surface area contributed by atoms with Crippen molar-refractivity contribution in [1.82, 2.24) is 5.32 Å². The molecule has 96 valence electrons. The lowest BCUT2D eigenvalue weighted by atomic mass is 9.90. The van der Waals surface area contributed by atoms with Crippen molar-refractivity contribution in [2.24, 2.45) is 0 Å². The molecular formula is C15H14N2O2. The first-order chi connectivity index (χ1) is 9.25. The molecule has 0 aliphatic carbocycles. The van der Waals surface area contributed by atoms with Crippen molar-refractivity contribution < 1.29 is 4.92 Å². The highest BCUT2D eigenvalue weighted by Crippen LogP contribution is 2.29. The second kappa shape index (κ2) is 4.82. The molecule has 1 aliphatic heterocycles. The lowest BCUT2D eigenvalue weighted by molar-refractivity contribution is -0.384. The van der Waals surface area contributed by atoms with Gasteiger partial charge in [-0.3, -0.25) is 10.1 Å². The molecule has 0 bridgehead atoms. The van der Waals surface area contributed by atoms with E-state index in [9.17, 15) is 10.1 Å². The summed E-state index contributed by atoms with van der Waals surface area (Å²) < 4.78 is 0. The maximum atomic E-state index is 10.7. The fraction of sp³-hybridized carbons (Fsp3) is 0.200. The van der Waals surface area contributed by atoms with Crippen LogP contribution in [0.3, 0.4) is 0 Å². The van der Waals surface area contributed by atoms with E-state index >= 15 is 0 Å². The minimum absolute atomic E-state index is 0.130. The molecule has 4 heteroatoms. The van der Waals surface area contributed by atoms with Gasteiger partial charge in [0.15, 0.2) is 0 Å². The van der Waals surface area contributed by atoms with Crippen LogP contribution >= 0.6 is 0 Å². The molecule has 4 nitrogen and oxygen atoms in total. The Morgan fingerprint density at radius 1 is 1.11 bits per heavy atom. The number of hydrogen-bond donors (Lipinski definition) is 1. The summed E-state index contributed by atoms with van der Waals surface area (Å²) in [6.07, 6.45) is 1.03. The molecule has 19 heavy (non-hydrogen) atoms. The largest absolute Gasteiger partial charge is 0.306 e. The van der Waals surface area contributed by atoms with Crippen LogP contribution in [0.15, 0.2) is 48.5 Å². The van der Waals surface area contributed by atoms with Crippen molar-refractivity contribution in [3.63, 3.8) is 0 Å². The number of nitro benzene ring substituents is 1. The van der Waals surface area contributed by atoms with Gasteiger partial charge in [0, 0.05) is 18.7 Å². The average molecular weight is 254 g/mol. The molecule has 0 unspecified atom stereocenters. The second-order valence-electron chi connectivity index (χ2n) is 4.68. The van der Waals surface area contributed by atoms with E-state index in [1.165, 1.54) is 11.1 Å². The molecule has 3 rings (SSSR count). The number of fused-ring (bicyclic) bond motifs is 1. The van der Waals surface area contributed by atoms with Gasteiger partial charge in [0.25, 0.3) is 5.69 Å². The van der Waals surface area contributed by atoms with Gasteiger partial charge in [0.1, 0.15) is 0 Å². The molecule has 2 aromatic carbocycles. The predicted molar refractivity (Wildman–Crippen MR) is 73.1 cm³/mol. The average Bonchev–Trinajstić information content (AvgIpc) is 2.47. The SMILES string of the molecule is O=[N+]([O-])c1ccc([C@@H]2NCCc3ccccc32)cc1. The molecule has 0 saturated heterocycles. The van der Waals surface area contributed by atoms with Crippen molar-refractivity contribution in [3.8, 4) is 0 Å². The van der Waals surface area contributed by atoms with Crippen molar-refractivity contribution in [2.75, 3.05) is 6.54 Å². The Morgan fingerprint density at radius 2 is 1.84 bits per heavy atom. The monoisotopic (exact) mass is 254 g/mol. The number of non-ortho nitro benzene ring substituents is 1. The Morgan fingerprint density at radius 3 is 2.58 bits per heavy atom. The Balaban J connectivity index is 1.97. The van der Waals surface area contributed by atoms with Crippen LogP contribution in [0.25, 0.3) is 0 Å². The van der Waals surface area contributed by atoms with Gasteiger partial charge in [0.05, 0.1) is 11.0 Å². The Labute approximate surface area is 111 Å². The quantitative estimate of drug-likeness (QED) is 0.662. The van der Waals surface area contributed by atoms with Crippen LogP contribution in [0.5, 0.6) is 0 Å². The first-order valence-electron chi connectivity index (χ1n) is 6.31. The van der Waals surface area contributed by atoms with Gasteiger partial charge in [0.2, 0.25) is 0 Å². The van der Waals surface area contributed by atoms with Gasteiger partial charge >= 0.3 is 0 Å². The zero-order chi connectivity index (χ0) is 13.2. The normalized spacial score (nSPS) is 17.8. The van der Waals surface area contributed by atoms with Gasteiger partial charge in [-0.1, -0.05) is 36.4 Å². The standard InChI is InChI=1S/C15H14N2O2/c18-17(19)13-7-5-12(6-8-13)15-14-4-2-1-3-11(14)9-10-16-15/h1-8,15-16H,9-10H2/t15-/m0/s1. The molecule has 1 N–H and O–H groups in total. The smallest absolute Gasteiger partial charge is 0.269 e. The zero-order valence-electron chi connectivity index (χ0n) is 10.4. The van der Waals surface area contributed by atoms with E-state index in [0.717, 1.165) is 18.5 Å². The highest BCUT2D eigenvalue weighted by molar-refractivity contribution is 5.42. The first-order valence-corrected chi connectivity index (χ1v) is 6.31. The molecule has 0 fully saturated rings. The van der Waals surface area contributed by atoms with Crippen LogP contribution in [0.4, 0.5) is 5.69 Å². The Hall–Kier alpha value is -2.20. The molecule has 1 aliphatic rings. The van der Waals surface area contributed by atoms with Gasteiger partial charge in [-0.15, -0.1) is 0 Å². The summed E-state index contributed by atoms with van der Waals surface area (Å²) in [5.41, 5.74) is 3.82. The summed E-state index contributed by atoms with van der Waals surface area (Å²) in [6, 6.07) is 15.3. The van der Waals surface area contributed by atoms with Gasteiger partial charge in [-0.2, -0.15) is 0 Å². The predicted octanol–water partition coefficient (Wildman–Crippen LogP) is 2.83. The second-order valence-corrected chi connectivity index (χ2v) is 4.68. The number of benzene rings is 2. The highest BCUT2D eigenvalue weighted by Gasteiger charge is 2.21. The third kappa shape index (κ3) is 2.22. The van der Waals surface area contributed by atoms with Crippen LogP contribution in [0, 0.1) is 10.1 Å². The molecule has 0 saturated carbocycles. The van der Waals surface area contributed by atoms with Gasteiger partial charge < -0.3 is 5.32 Å². The molecule has 0 aromatic heterocycles. The van der Waals surface area contributed by atoms with E-state index in [1.807, 2.05) is 18.2 Å². The molecule has 1 heterocycles. The fourth-order valence-corrected chi connectivity index (χ4v) is 2.59. The van der Waals surface area contributed by atoms with Crippen molar-refractivity contribution in [2.45, 2.75) is 12.5 Å². The molecule has 1 atom stereocenters. The minimum Gasteiger partial charge on any atom is -0.306 e. The number of nitrogens with zero attached hydrogens (tertiary/aromatic N) is 1. The lowest BCUT2D eigenvalue weighted by Gasteiger charge is -2.27. The van der Waals surface area contributed by atoms with E-state index in [2.05, 4.69) is 23.5 Å². The maximum Gasteiger partial charge on any atom is 0.269 e. The summed E-state index contributed by atoms with van der Waals surface area (Å²) >= 11 is 0. The Bertz CT molecular complexity index is 608. The molecule has 0 amide bonds. The van der Waals surface area contributed by atoms with E-state index in [-0.39, 0.29) is 16.7 Å². The number of rotatable bonds is 2. The molecular weight excluding hydrogens is 240 g/mol. The summed E-state index contributed by atoms with van der Waals surface area (Å²) in [5.74, 6) is 0. The van der Waals surface area contributed by atoms with Crippen LogP contribution in [0.1, 0.15) is 22.7 Å². The summed E-state index contributed by atoms with van der Waals surface area (Å²) in [4.78, 5) is 10.3. The summed E-state index contributed by atoms with van der Waals surface area (Å²) in [5, 5.41) is 14.1. The van der Waals surface area contributed by atoms with E-state index in [4.69, 9.17) is 0 Å². The van der Waals surface area contributed by atoms with Crippen molar-refractivity contribution in [3.05, 3.63) is 75.3 Å². The maximum absolute atomic E-state index is 10.7. The van der Waals surface area contributed by atoms with Crippen molar-refractivity contribution >= 4 is 5.69 Å². The first kappa shape index (κ1) is 11.9. The van der Waals surface area contributed by atoms with Gasteiger partial charge in [-0.25, -0.2) is 0 Å². The van der Waals surface area contributed by atoms with Gasteiger partial charge in [-0.05, 0) is 23.1 Å². The van der Waals surface area contributed by atoms with Crippen LogP contribution in [-0.4, -0.2) is 11.5 Å². The number of nitro groups is 1. The number of hydrogen-bond acceptors (Lipinski definition) is 3. The third-order valence-electron chi connectivity index (χ3n) is 3.55. The van der Waals surface area contributed by atoms with E-state index < -0.39 is 0 Å². The fourth-order valence-electron chi connectivity index (χ4n) is 2.59. The minimum atomic E-state index is -0.369. The Kier molecular flexibility index (Phi) is 3.01. The van der Waals surface area contributed by atoms with Crippen molar-refractivity contribution in [1.29, 1.82) is 0 Å². The number of nitrogens with one attached hydrogen (secondary N) is 1. The molecule has 0 spiro atoms.